The molecule has 3 aromatic rings. The van der Waals surface area contributed by atoms with E-state index in [1.165, 1.54) is 56.0 Å². The van der Waals surface area contributed by atoms with Gasteiger partial charge in [-0.15, -0.1) is 13.2 Å². The minimum absolute atomic E-state index is 0.0784. The van der Waals surface area contributed by atoms with Crippen molar-refractivity contribution in [3.05, 3.63) is 83.9 Å². The smallest absolute Gasteiger partial charge is 0.428 e. The first kappa shape index (κ1) is 26.0. The van der Waals surface area contributed by atoms with Gasteiger partial charge in [-0.25, -0.2) is 0 Å². The van der Waals surface area contributed by atoms with Crippen LogP contribution in [0.5, 0.6) is 11.5 Å². The van der Waals surface area contributed by atoms with Gasteiger partial charge in [0.1, 0.15) is 11.5 Å². The van der Waals surface area contributed by atoms with E-state index in [9.17, 15) is 13.2 Å². The summed E-state index contributed by atoms with van der Waals surface area (Å²) in [5, 5.41) is 0. The van der Waals surface area contributed by atoms with Gasteiger partial charge in [0, 0.05) is 5.56 Å². The number of alkyl halides is 5. The molecule has 7 heteroatoms. The first-order valence-electron chi connectivity index (χ1n) is 12.3. The van der Waals surface area contributed by atoms with Gasteiger partial charge >= 0.3 is 12.5 Å². The van der Waals surface area contributed by atoms with Crippen LogP contribution in [0.2, 0.25) is 0 Å². The minimum Gasteiger partial charge on any atom is -0.428 e. The molecule has 0 spiro atoms. The highest BCUT2D eigenvalue weighted by Crippen LogP contribution is 2.40. The fourth-order valence-corrected chi connectivity index (χ4v) is 4.97. The second-order valence-corrected chi connectivity index (χ2v) is 9.32. The number of hydrogen-bond acceptors (Lipinski definition) is 2. The zero-order chi connectivity index (χ0) is 25.8. The van der Waals surface area contributed by atoms with Gasteiger partial charge in [-0.05, 0) is 79.0 Å². The second-order valence-electron chi connectivity index (χ2n) is 9.32. The summed E-state index contributed by atoms with van der Waals surface area (Å²) in [4.78, 5) is 0. The Labute approximate surface area is 208 Å². The molecule has 0 saturated heterocycles. The average molecular weight is 505 g/mol. The van der Waals surface area contributed by atoms with Crippen molar-refractivity contribution in [1.82, 2.24) is 0 Å². The van der Waals surface area contributed by atoms with Crippen molar-refractivity contribution in [2.45, 2.75) is 63.8 Å². The molecule has 0 radical (unpaired) electrons. The number of para-hydroxylation sites is 1. The third-order valence-electron chi connectivity index (χ3n) is 6.79. The van der Waals surface area contributed by atoms with Crippen molar-refractivity contribution >= 4 is 0 Å². The third-order valence-corrected chi connectivity index (χ3v) is 6.79. The van der Waals surface area contributed by atoms with E-state index in [4.69, 9.17) is 4.74 Å². The lowest BCUT2D eigenvalue weighted by atomic mass is 9.77. The van der Waals surface area contributed by atoms with Crippen molar-refractivity contribution in [2.24, 2.45) is 5.92 Å². The lowest BCUT2D eigenvalue weighted by Gasteiger charge is -2.29. The Morgan fingerprint density at radius 3 is 2.00 bits per heavy atom. The molecule has 36 heavy (non-hydrogen) atoms. The minimum atomic E-state index is -4.81. The summed E-state index contributed by atoms with van der Waals surface area (Å²) in [5.74, 6) is 0.697. The molecular weight excluding hydrogens is 475 g/mol. The standard InChI is InChI=1S/C29H29F5O2/c1-2-5-20-8-10-21(11-9-20)22-12-16-24(17-13-22)28(30,31)36-27-7-4-3-6-26(27)23-14-18-25(19-15-23)35-29(32,33)34/h3-4,6-7,12-21H,2,5,8-11H2,1H3/t20-,21-. The van der Waals surface area contributed by atoms with Crippen LogP contribution in [0.3, 0.4) is 0 Å². The van der Waals surface area contributed by atoms with Crippen LogP contribution in [0, 0.1) is 5.92 Å². The van der Waals surface area contributed by atoms with E-state index in [0.717, 1.165) is 36.5 Å². The molecule has 0 atom stereocenters. The van der Waals surface area contributed by atoms with Crippen LogP contribution in [0.4, 0.5) is 22.0 Å². The molecule has 4 rings (SSSR count). The van der Waals surface area contributed by atoms with E-state index in [-0.39, 0.29) is 11.3 Å². The largest absolute Gasteiger partial charge is 0.573 e. The summed E-state index contributed by atoms with van der Waals surface area (Å²) in [6.45, 7) is 2.20. The molecule has 1 fully saturated rings. The van der Waals surface area contributed by atoms with Crippen molar-refractivity contribution < 1.29 is 31.4 Å². The van der Waals surface area contributed by atoms with E-state index in [2.05, 4.69) is 11.7 Å². The summed E-state index contributed by atoms with van der Waals surface area (Å²) >= 11 is 0. The number of halogens is 5. The van der Waals surface area contributed by atoms with E-state index < -0.39 is 18.2 Å². The first-order valence-corrected chi connectivity index (χ1v) is 12.3. The molecule has 192 valence electrons. The van der Waals surface area contributed by atoms with Gasteiger partial charge in [0.2, 0.25) is 0 Å². The maximum atomic E-state index is 15.1. The van der Waals surface area contributed by atoms with Crippen molar-refractivity contribution in [3.8, 4) is 22.6 Å². The van der Waals surface area contributed by atoms with Crippen LogP contribution in [0.25, 0.3) is 11.1 Å². The highest BCUT2D eigenvalue weighted by molar-refractivity contribution is 5.71. The second kappa shape index (κ2) is 10.9. The van der Waals surface area contributed by atoms with Crippen LogP contribution < -0.4 is 9.47 Å². The van der Waals surface area contributed by atoms with Gasteiger partial charge in [-0.1, -0.05) is 62.2 Å². The molecular formula is C29H29F5O2. The highest BCUT2D eigenvalue weighted by Gasteiger charge is 2.36. The Morgan fingerprint density at radius 1 is 0.750 bits per heavy atom. The Balaban J connectivity index is 1.47. The molecule has 0 aromatic heterocycles. The van der Waals surface area contributed by atoms with Crippen molar-refractivity contribution in [1.29, 1.82) is 0 Å². The van der Waals surface area contributed by atoms with Gasteiger partial charge in [-0.3, -0.25) is 0 Å². The molecule has 2 nitrogen and oxygen atoms in total. The molecule has 1 aliphatic rings. The van der Waals surface area contributed by atoms with Crippen LogP contribution in [0.1, 0.15) is 62.5 Å². The van der Waals surface area contributed by atoms with Gasteiger partial charge in [0.25, 0.3) is 0 Å². The molecule has 0 bridgehead atoms. The van der Waals surface area contributed by atoms with Crippen molar-refractivity contribution in [2.75, 3.05) is 0 Å². The summed E-state index contributed by atoms with van der Waals surface area (Å²) < 4.78 is 76.6. The third kappa shape index (κ3) is 6.56. The lowest BCUT2D eigenvalue weighted by molar-refractivity contribution is -0.274. The van der Waals surface area contributed by atoms with E-state index >= 15 is 8.78 Å². The van der Waals surface area contributed by atoms with E-state index in [1.54, 1.807) is 30.3 Å². The normalized spacial score (nSPS) is 18.6. The molecule has 3 aromatic carbocycles. The zero-order valence-corrected chi connectivity index (χ0v) is 20.0. The van der Waals surface area contributed by atoms with Crippen LogP contribution in [0.15, 0.2) is 72.8 Å². The Morgan fingerprint density at radius 2 is 1.39 bits per heavy atom. The Hall–Kier alpha value is -3.09. The van der Waals surface area contributed by atoms with E-state index in [1.807, 2.05) is 0 Å². The molecule has 0 heterocycles. The predicted octanol–water partition coefficient (Wildman–Crippen LogP) is 9.45. The lowest BCUT2D eigenvalue weighted by Crippen LogP contribution is -2.22. The quantitative estimate of drug-likeness (QED) is 0.285. The predicted molar refractivity (Wildman–Crippen MR) is 129 cm³/mol. The highest BCUT2D eigenvalue weighted by atomic mass is 19.4. The molecule has 1 saturated carbocycles. The maximum Gasteiger partial charge on any atom is 0.573 e. The van der Waals surface area contributed by atoms with E-state index in [0.29, 0.717) is 17.0 Å². The zero-order valence-electron chi connectivity index (χ0n) is 20.0. The summed E-state index contributed by atoms with van der Waals surface area (Å²) in [6, 6.07) is 17.5. The van der Waals surface area contributed by atoms with Gasteiger partial charge in [0.05, 0.1) is 5.56 Å². The van der Waals surface area contributed by atoms with Gasteiger partial charge in [-0.2, -0.15) is 8.78 Å². The molecule has 0 unspecified atom stereocenters. The van der Waals surface area contributed by atoms with Gasteiger partial charge in [0.15, 0.2) is 0 Å². The fraction of sp³-hybridized carbons (Fsp3) is 0.379. The Bertz CT molecular complexity index is 1120. The SMILES string of the molecule is CCC[C@H]1CC[C@H](c2ccc(C(F)(F)Oc3ccccc3-c3ccc(OC(F)(F)F)cc3)cc2)CC1. The number of benzene rings is 3. The topological polar surface area (TPSA) is 18.5 Å². The average Bonchev–Trinajstić information content (AvgIpc) is 2.85. The number of hydrogen-bond donors (Lipinski definition) is 0. The molecule has 0 N–H and O–H groups in total. The Kier molecular flexibility index (Phi) is 7.86. The summed E-state index contributed by atoms with van der Waals surface area (Å²) in [6.07, 6.45) is -1.43. The molecule has 1 aliphatic carbocycles. The summed E-state index contributed by atoms with van der Waals surface area (Å²) in [5.41, 5.74) is 1.57. The van der Waals surface area contributed by atoms with Crippen molar-refractivity contribution in [3.63, 3.8) is 0 Å². The van der Waals surface area contributed by atoms with Crippen LogP contribution >= 0.6 is 0 Å². The monoisotopic (exact) mass is 504 g/mol. The number of ether oxygens (including phenoxy) is 2. The maximum absolute atomic E-state index is 15.1. The molecule has 0 aliphatic heterocycles. The fourth-order valence-electron chi connectivity index (χ4n) is 4.97. The van der Waals surface area contributed by atoms with Gasteiger partial charge < -0.3 is 9.47 Å². The first-order chi connectivity index (χ1) is 17.1. The number of rotatable bonds is 8. The summed E-state index contributed by atoms with van der Waals surface area (Å²) in [7, 11) is 0. The van der Waals surface area contributed by atoms with Crippen LogP contribution in [-0.4, -0.2) is 6.36 Å². The van der Waals surface area contributed by atoms with Crippen LogP contribution in [-0.2, 0) is 6.11 Å². The molecule has 0 amide bonds.